The zero-order valence-electron chi connectivity index (χ0n) is 10.9. The Hall–Kier alpha value is -2.32. The van der Waals surface area contributed by atoms with E-state index in [1.54, 1.807) is 24.8 Å². The monoisotopic (exact) mass is 318 g/mol. The van der Waals surface area contributed by atoms with Crippen molar-refractivity contribution in [3.8, 4) is 0 Å². The van der Waals surface area contributed by atoms with E-state index in [0.717, 1.165) is 0 Å². The number of carbonyl (C=O) groups excluding carboxylic acids is 2. The molecule has 1 amide bonds. The highest BCUT2D eigenvalue weighted by Crippen LogP contribution is 2.32. The van der Waals surface area contributed by atoms with Crippen LogP contribution in [0.25, 0.3) is 11.4 Å². The Balaban J connectivity index is 2.21. The Morgan fingerprint density at radius 1 is 1.29 bits per heavy atom. The van der Waals surface area contributed by atoms with Crippen LogP contribution in [0.3, 0.4) is 0 Å². The minimum absolute atomic E-state index is 0.299. The molecule has 0 saturated carbocycles. The molecule has 0 spiro atoms. The van der Waals surface area contributed by atoms with Gasteiger partial charge in [-0.2, -0.15) is 0 Å². The van der Waals surface area contributed by atoms with Crippen molar-refractivity contribution >= 4 is 46.3 Å². The van der Waals surface area contributed by atoms with E-state index in [-0.39, 0.29) is 5.91 Å². The highest BCUT2D eigenvalue weighted by atomic mass is 32.1. The maximum atomic E-state index is 12.3. The van der Waals surface area contributed by atoms with Crippen LogP contribution in [0.5, 0.6) is 0 Å². The van der Waals surface area contributed by atoms with Crippen LogP contribution < -0.4 is 10.6 Å². The average molecular weight is 318 g/mol. The molecule has 106 valence electrons. The van der Waals surface area contributed by atoms with E-state index in [4.69, 9.17) is 0 Å². The summed E-state index contributed by atoms with van der Waals surface area (Å²) in [5.41, 5.74) is 1.59. The third kappa shape index (κ3) is 2.28. The molecule has 0 radical (unpaired) electrons. The van der Waals surface area contributed by atoms with Crippen LogP contribution in [-0.2, 0) is 9.59 Å². The molecule has 0 fully saturated rings. The predicted molar refractivity (Wildman–Crippen MR) is 81.3 cm³/mol. The summed E-state index contributed by atoms with van der Waals surface area (Å²) in [5.74, 6) is -0.332. The van der Waals surface area contributed by atoms with Gasteiger partial charge in [0.15, 0.2) is 6.29 Å². The first kappa shape index (κ1) is 13.7. The van der Waals surface area contributed by atoms with Crippen molar-refractivity contribution in [1.82, 2.24) is 20.6 Å². The molecule has 0 atom stereocenters. The number of aldehydes is 1. The van der Waals surface area contributed by atoms with Gasteiger partial charge >= 0.3 is 0 Å². The van der Waals surface area contributed by atoms with Crippen molar-refractivity contribution in [1.29, 1.82) is 0 Å². The van der Waals surface area contributed by atoms with Gasteiger partial charge in [-0.05, 0) is 0 Å². The molecular formula is C13H10N4O2S2. The Bertz CT molecular complexity index is 745. The molecule has 1 aliphatic rings. The lowest BCUT2D eigenvalue weighted by molar-refractivity contribution is -0.116. The molecule has 0 aromatic carbocycles. The number of amides is 1. The summed E-state index contributed by atoms with van der Waals surface area (Å²) in [6.45, 7) is 0. The molecule has 2 aromatic rings. The first-order valence-electron chi connectivity index (χ1n) is 5.99. The fourth-order valence-corrected chi connectivity index (χ4v) is 3.40. The van der Waals surface area contributed by atoms with E-state index in [2.05, 4.69) is 20.6 Å². The van der Waals surface area contributed by atoms with Gasteiger partial charge in [-0.15, -0.1) is 22.7 Å². The molecule has 2 aromatic heterocycles. The van der Waals surface area contributed by atoms with Crippen LogP contribution in [0.1, 0.15) is 10.0 Å². The van der Waals surface area contributed by atoms with Gasteiger partial charge in [-0.3, -0.25) is 9.59 Å². The third-order valence-corrected chi connectivity index (χ3v) is 4.50. The number of nitrogens with one attached hydrogen (secondary N) is 2. The number of aromatic nitrogens is 2. The lowest BCUT2D eigenvalue weighted by Crippen LogP contribution is -2.19. The summed E-state index contributed by atoms with van der Waals surface area (Å²) in [7, 11) is 1.70. The highest BCUT2D eigenvalue weighted by Gasteiger charge is 2.32. The number of carbonyl (C=O) groups is 2. The maximum Gasteiger partial charge on any atom is 0.258 e. The number of hydrogen-bond donors (Lipinski definition) is 2. The van der Waals surface area contributed by atoms with Crippen molar-refractivity contribution in [2.45, 2.75) is 0 Å². The second-order valence-electron chi connectivity index (χ2n) is 4.04. The third-order valence-electron chi connectivity index (χ3n) is 2.91. The minimum Gasteiger partial charge on any atom is -0.385 e. The molecular weight excluding hydrogens is 308 g/mol. The van der Waals surface area contributed by atoms with Gasteiger partial charge in [-0.1, -0.05) is 0 Å². The second kappa shape index (κ2) is 5.58. The van der Waals surface area contributed by atoms with E-state index in [9.17, 15) is 9.59 Å². The van der Waals surface area contributed by atoms with Gasteiger partial charge in [0, 0.05) is 30.2 Å². The average Bonchev–Trinajstić information content (AvgIpc) is 3.21. The largest absolute Gasteiger partial charge is 0.385 e. The van der Waals surface area contributed by atoms with E-state index in [1.165, 1.54) is 22.7 Å². The van der Waals surface area contributed by atoms with E-state index < -0.39 is 0 Å². The van der Waals surface area contributed by atoms with E-state index in [1.807, 2.05) is 5.38 Å². The maximum absolute atomic E-state index is 12.3. The number of rotatable bonds is 4. The lowest BCUT2D eigenvalue weighted by atomic mass is 10.1. The summed E-state index contributed by atoms with van der Waals surface area (Å²) in [5, 5.41) is 10.5. The number of thiazole rings is 2. The quantitative estimate of drug-likeness (QED) is 0.655. The van der Waals surface area contributed by atoms with Gasteiger partial charge in [0.2, 0.25) is 0 Å². The SMILES string of the molecule is CN/C(=C1/C(=O)NC(c2nccs2)=C1C=O)c1nccs1. The first-order chi connectivity index (χ1) is 10.3. The van der Waals surface area contributed by atoms with Crippen LogP contribution in [0.15, 0.2) is 34.3 Å². The molecule has 2 N–H and O–H groups in total. The standard InChI is InChI=1S/C13H10N4O2S2/c1-14-10(13-16-3-5-21-13)8-7(6-18)9(17-11(8)19)12-15-2-4-20-12/h2-6,14H,1H3,(H,17,19)/b10-8+. The molecule has 0 bridgehead atoms. The summed E-state index contributed by atoms with van der Waals surface area (Å²) in [6.07, 6.45) is 3.95. The Kier molecular flexibility index (Phi) is 3.63. The second-order valence-corrected chi connectivity index (χ2v) is 5.82. The Labute approximate surface area is 128 Å². The topological polar surface area (TPSA) is 84.0 Å². The van der Waals surface area contributed by atoms with Crippen molar-refractivity contribution in [3.05, 3.63) is 44.3 Å². The molecule has 0 unspecified atom stereocenters. The van der Waals surface area contributed by atoms with Crippen LogP contribution in [0, 0.1) is 0 Å². The van der Waals surface area contributed by atoms with Crippen molar-refractivity contribution < 1.29 is 9.59 Å². The first-order valence-corrected chi connectivity index (χ1v) is 7.75. The summed E-state index contributed by atoms with van der Waals surface area (Å²) in [4.78, 5) is 32.1. The van der Waals surface area contributed by atoms with Crippen molar-refractivity contribution in [2.24, 2.45) is 0 Å². The summed E-state index contributed by atoms with van der Waals surface area (Å²) < 4.78 is 0. The molecule has 3 rings (SSSR count). The van der Waals surface area contributed by atoms with Crippen LogP contribution in [0.4, 0.5) is 0 Å². The molecule has 8 heteroatoms. The number of nitrogens with zero attached hydrogens (tertiary/aromatic N) is 2. The lowest BCUT2D eigenvalue weighted by Gasteiger charge is -2.06. The highest BCUT2D eigenvalue weighted by molar-refractivity contribution is 7.11. The van der Waals surface area contributed by atoms with Gasteiger partial charge in [-0.25, -0.2) is 9.97 Å². The molecule has 6 nitrogen and oxygen atoms in total. The predicted octanol–water partition coefficient (Wildman–Crippen LogP) is 1.27. The summed E-state index contributed by atoms with van der Waals surface area (Å²) in [6, 6.07) is 0. The zero-order chi connectivity index (χ0) is 14.8. The Morgan fingerprint density at radius 2 is 2.05 bits per heavy atom. The molecule has 1 aliphatic heterocycles. The molecule has 0 saturated heterocycles. The van der Waals surface area contributed by atoms with Gasteiger partial charge < -0.3 is 10.6 Å². The number of hydrogen-bond acceptors (Lipinski definition) is 7. The van der Waals surface area contributed by atoms with Crippen LogP contribution >= 0.6 is 22.7 Å². The minimum atomic E-state index is -0.332. The van der Waals surface area contributed by atoms with E-state index in [0.29, 0.717) is 38.8 Å². The summed E-state index contributed by atoms with van der Waals surface area (Å²) >= 11 is 2.75. The van der Waals surface area contributed by atoms with Crippen LogP contribution in [0.2, 0.25) is 0 Å². The smallest absolute Gasteiger partial charge is 0.258 e. The normalized spacial score (nSPS) is 16.9. The van der Waals surface area contributed by atoms with Crippen LogP contribution in [-0.4, -0.2) is 29.2 Å². The molecule has 3 heterocycles. The van der Waals surface area contributed by atoms with Gasteiger partial charge in [0.05, 0.1) is 22.5 Å². The zero-order valence-corrected chi connectivity index (χ0v) is 12.5. The Morgan fingerprint density at radius 3 is 2.62 bits per heavy atom. The molecule has 21 heavy (non-hydrogen) atoms. The van der Waals surface area contributed by atoms with Crippen molar-refractivity contribution in [2.75, 3.05) is 7.05 Å². The molecule has 0 aliphatic carbocycles. The van der Waals surface area contributed by atoms with Crippen molar-refractivity contribution in [3.63, 3.8) is 0 Å². The fourth-order valence-electron chi connectivity index (χ4n) is 2.06. The van der Waals surface area contributed by atoms with Gasteiger partial charge in [0.25, 0.3) is 5.91 Å². The fraction of sp³-hybridized carbons (Fsp3) is 0.0769. The van der Waals surface area contributed by atoms with E-state index >= 15 is 0 Å². The van der Waals surface area contributed by atoms with Gasteiger partial charge in [0.1, 0.15) is 10.0 Å².